The SMILES string of the molecule is O=C(OC(O)[C@H](O)[C@@H](O)[C@H](O)[C@H](O)CO)C(O)C(O)C(=O)OC(O)[C@H](O)[C@@H](O)[C@H](O)[C@H](O)CO. The van der Waals surface area contributed by atoms with Gasteiger partial charge in [0, 0.05) is 0 Å². The maximum absolute atomic E-state index is 11.7. The van der Waals surface area contributed by atoms with Crippen molar-refractivity contribution in [2.45, 2.75) is 73.6 Å². The highest BCUT2D eigenvalue weighted by atomic mass is 16.7. The first-order chi connectivity index (χ1) is 15.6. The number of aliphatic hydroxyl groups excluding tert-OH is 14. The molecule has 0 aliphatic rings. The van der Waals surface area contributed by atoms with Crippen molar-refractivity contribution < 1.29 is 90.6 Å². The fourth-order valence-corrected chi connectivity index (χ4v) is 2.19. The van der Waals surface area contributed by atoms with E-state index in [4.69, 9.17) is 10.2 Å². The lowest BCUT2D eigenvalue weighted by Gasteiger charge is -2.29. The number of hydrogen-bond acceptors (Lipinski definition) is 18. The van der Waals surface area contributed by atoms with Crippen LogP contribution < -0.4 is 0 Å². The summed E-state index contributed by atoms with van der Waals surface area (Å²) in [7, 11) is 0. The fourth-order valence-electron chi connectivity index (χ4n) is 2.19. The number of carbonyl (C=O) groups is 2. The highest BCUT2D eigenvalue weighted by Gasteiger charge is 2.41. The molecule has 0 spiro atoms. The van der Waals surface area contributed by atoms with Crippen LogP contribution in [0.1, 0.15) is 0 Å². The number of aliphatic hydroxyl groups is 14. The Morgan fingerprint density at radius 2 is 0.735 bits per heavy atom. The average Bonchev–Trinajstić information content (AvgIpc) is 2.83. The van der Waals surface area contributed by atoms with E-state index in [0.717, 1.165) is 0 Å². The van der Waals surface area contributed by atoms with Gasteiger partial charge < -0.3 is 81.0 Å². The average molecular weight is 510 g/mol. The minimum Gasteiger partial charge on any atom is -0.431 e. The zero-order chi connectivity index (χ0) is 26.9. The van der Waals surface area contributed by atoms with Gasteiger partial charge in [-0.25, -0.2) is 9.59 Å². The second kappa shape index (κ2) is 14.7. The van der Waals surface area contributed by atoms with Gasteiger partial charge in [-0.15, -0.1) is 0 Å². The lowest BCUT2D eigenvalue weighted by atomic mass is 10.0. The number of rotatable bonds is 15. The van der Waals surface area contributed by atoms with Crippen molar-refractivity contribution in [1.82, 2.24) is 0 Å². The van der Waals surface area contributed by atoms with Gasteiger partial charge in [0.25, 0.3) is 0 Å². The van der Waals surface area contributed by atoms with Gasteiger partial charge in [-0.3, -0.25) is 0 Å². The van der Waals surface area contributed by atoms with Crippen molar-refractivity contribution in [2.24, 2.45) is 0 Å². The van der Waals surface area contributed by atoms with Crippen molar-refractivity contribution >= 4 is 11.9 Å². The maximum atomic E-state index is 11.7. The van der Waals surface area contributed by atoms with Crippen molar-refractivity contribution in [1.29, 1.82) is 0 Å². The molecule has 18 heteroatoms. The molecule has 0 aromatic rings. The molecular formula is C16H30O18. The summed E-state index contributed by atoms with van der Waals surface area (Å²) < 4.78 is 8.18. The van der Waals surface area contributed by atoms with Crippen LogP contribution in [0.25, 0.3) is 0 Å². The molecule has 0 bridgehead atoms. The molecule has 0 aromatic heterocycles. The molecule has 0 aromatic carbocycles. The topological polar surface area (TPSA) is 336 Å². The van der Waals surface area contributed by atoms with E-state index in [0.29, 0.717) is 0 Å². The Balaban J connectivity index is 4.96. The summed E-state index contributed by atoms with van der Waals surface area (Å²) in [6, 6.07) is 0. The first-order valence-electron chi connectivity index (χ1n) is 9.41. The van der Waals surface area contributed by atoms with E-state index in [9.17, 15) is 70.9 Å². The second-order valence-electron chi connectivity index (χ2n) is 6.99. The summed E-state index contributed by atoms with van der Waals surface area (Å²) >= 11 is 0. The third kappa shape index (κ3) is 8.87. The molecular weight excluding hydrogens is 480 g/mol. The van der Waals surface area contributed by atoms with Crippen molar-refractivity contribution in [3.63, 3.8) is 0 Å². The summed E-state index contributed by atoms with van der Waals surface area (Å²) in [4.78, 5) is 23.5. The molecule has 0 fully saturated rings. The van der Waals surface area contributed by atoms with E-state index >= 15 is 0 Å². The second-order valence-corrected chi connectivity index (χ2v) is 6.99. The van der Waals surface area contributed by atoms with Crippen LogP contribution in [0, 0.1) is 0 Å². The van der Waals surface area contributed by atoms with E-state index in [1.54, 1.807) is 0 Å². The number of esters is 2. The third-order valence-electron chi connectivity index (χ3n) is 4.40. The highest BCUT2D eigenvalue weighted by molar-refractivity contribution is 5.85. The predicted octanol–water partition coefficient (Wildman–Crippen LogP) is -9.70. The van der Waals surface area contributed by atoms with Crippen LogP contribution in [-0.2, 0) is 19.1 Å². The van der Waals surface area contributed by atoms with Crippen molar-refractivity contribution in [3.8, 4) is 0 Å². The molecule has 34 heavy (non-hydrogen) atoms. The molecule has 0 aliphatic carbocycles. The Labute approximate surface area is 190 Å². The Hall–Kier alpha value is -1.62. The fraction of sp³-hybridized carbons (Fsp3) is 0.875. The summed E-state index contributed by atoms with van der Waals surface area (Å²) in [5, 5.41) is 131. The monoisotopic (exact) mass is 510 g/mol. The highest BCUT2D eigenvalue weighted by Crippen LogP contribution is 2.13. The number of ether oxygens (including phenoxy) is 2. The predicted molar refractivity (Wildman–Crippen MR) is 98.4 cm³/mol. The Morgan fingerprint density at radius 1 is 0.471 bits per heavy atom. The van der Waals surface area contributed by atoms with E-state index in [1.807, 2.05) is 0 Å². The summed E-state index contributed by atoms with van der Waals surface area (Å²) in [6.45, 7) is -2.13. The van der Waals surface area contributed by atoms with Gasteiger partial charge in [-0.1, -0.05) is 0 Å². The van der Waals surface area contributed by atoms with Gasteiger partial charge >= 0.3 is 11.9 Å². The zero-order valence-corrected chi connectivity index (χ0v) is 17.2. The molecule has 0 aliphatic heterocycles. The minimum absolute atomic E-state index is 1.06. The van der Waals surface area contributed by atoms with Gasteiger partial charge in [0.1, 0.15) is 48.8 Å². The molecule has 14 N–H and O–H groups in total. The Bertz CT molecular complexity index is 567. The summed E-state index contributed by atoms with van der Waals surface area (Å²) in [5.74, 6) is -4.03. The molecule has 18 nitrogen and oxygen atoms in total. The van der Waals surface area contributed by atoms with Gasteiger partial charge in [-0.2, -0.15) is 0 Å². The van der Waals surface area contributed by atoms with E-state index < -0.39 is 98.8 Å². The van der Waals surface area contributed by atoms with Crippen LogP contribution in [0.4, 0.5) is 0 Å². The molecule has 0 amide bonds. The molecule has 4 unspecified atom stereocenters. The van der Waals surface area contributed by atoms with Crippen LogP contribution in [0.5, 0.6) is 0 Å². The third-order valence-corrected chi connectivity index (χ3v) is 4.40. The van der Waals surface area contributed by atoms with Crippen LogP contribution in [0.2, 0.25) is 0 Å². The van der Waals surface area contributed by atoms with Crippen molar-refractivity contribution in [3.05, 3.63) is 0 Å². The zero-order valence-electron chi connectivity index (χ0n) is 17.2. The van der Waals surface area contributed by atoms with Crippen molar-refractivity contribution in [2.75, 3.05) is 13.2 Å². The molecule has 0 saturated carbocycles. The molecule has 0 radical (unpaired) electrons. The molecule has 202 valence electrons. The van der Waals surface area contributed by atoms with Crippen LogP contribution in [-0.4, -0.2) is 170 Å². The Morgan fingerprint density at radius 3 is 0.971 bits per heavy atom. The van der Waals surface area contributed by atoms with Crippen LogP contribution in [0.3, 0.4) is 0 Å². The van der Waals surface area contributed by atoms with E-state index in [1.165, 1.54) is 0 Å². The molecule has 12 atom stereocenters. The number of carbonyl (C=O) groups excluding carboxylic acids is 2. The van der Waals surface area contributed by atoms with E-state index in [2.05, 4.69) is 9.47 Å². The normalized spacial score (nSPS) is 22.6. The standard InChI is InChI=1S/C16H30O18/c17-1-3(19)5(21)7(23)9(25)13(29)33-15(31)11(27)12(28)16(32)34-14(30)10(26)8(24)6(22)4(20)2-18/h3-14,17-30H,1-2H2/t3-,4-,5-,6-,7+,8+,9-,10-,11?,12?,13?,14?/m1/s1. The van der Waals surface area contributed by atoms with Gasteiger partial charge in [-0.05, 0) is 0 Å². The van der Waals surface area contributed by atoms with Gasteiger partial charge in [0.2, 0.25) is 12.6 Å². The van der Waals surface area contributed by atoms with Gasteiger partial charge in [0.15, 0.2) is 12.2 Å². The largest absolute Gasteiger partial charge is 0.431 e. The lowest BCUT2D eigenvalue weighted by molar-refractivity contribution is -0.230. The van der Waals surface area contributed by atoms with Gasteiger partial charge in [0.05, 0.1) is 13.2 Å². The smallest absolute Gasteiger partial charge is 0.340 e. The summed E-state index contributed by atoms with van der Waals surface area (Å²) in [5.41, 5.74) is 0. The summed E-state index contributed by atoms with van der Waals surface area (Å²) in [6.07, 6.45) is -29.3. The van der Waals surface area contributed by atoms with Crippen LogP contribution in [0.15, 0.2) is 0 Å². The Kier molecular flexibility index (Phi) is 14.0. The first kappa shape index (κ1) is 32.4. The van der Waals surface area contributed by atoms with Crippen LogP contribution >= 0.6 is 0 Å². The number of hydrogen-bond donors (Lipinski definition) is 14. The quantitative estimate of drug-likeness (QED) is 0.0717. The first-order valence-corrected chi connectivity index (χ1v) is 9.41. The molecule has 0 heterocycles. The molecule has 0 saturated heterocycles. The van der Waals surface area contributed by atoms with E-state index in [-0.39, 0.29) is 0 Å². The lowest BCUT2D eigenvalue weighted by Crippen LogP contribution is -2.53. The maximum Gasteiger partial charge on any atom is 0.340 e. The minimum atomic E-state index is -2.87. The molecule has 0 rings (SSSR count).